The van der Waals surface area contributed by atoms with Crippen molar-refractivity contribution in [1.29, 1.82) is 0 Å². The number of amides is 1. The zero-order chi connectivity index (χ0) is 20.3. The molecule has 7 nitrogen and oxygen atoms in total. The average Bonchev–Trinajstić information content (AvgIpc) is 2.69. The predicted octanol–water partition coefficient (Wildman–Crippen LogP) is 2.45. The SMILES string of the molecule is CC(OC(=O)c1nn(C)c(=O)c2ccccc12)C(=O)NCc1ccc(Cl)cc1. The molecule has 0 fully saturated rings. The fraction of sp³-hybridized carbons (Fsp3) is 0.200. The first kappa shape index (κ1) is 19.6. The molecular weight excluding hydrogens is 382 g/mol. The van der Waals surface area contributed by atoms with E-state index in [4.69, 9.17) is 16.3 Å². The van der Waals surface area contributed by atoms with Gasteiger partial charge in [0.1, 0.15) is 0 Å². The third-order valence-corrected chi connectivity index (χ3v) is 4.43. The maximum Gasteiger partial charge on any atom is 0.360 e. The Morgan fingerprint density at radius 3 is 2.46 bits per heavy atom. The molecule has 0 aliphatic heterocycles. The number of halogens is 1. The molecular formula is C20H18ClN3O4. The van der Waals surface area contributed by atoms with Crippen molar-refractivity contribution in [1.82, 2.24) is 15.1 Å². The molecule has 0 saturated heterocycles. The topological polar surface area (TPSA) is 90.3 Å². The van der Waals surface area contributed by atoms with Crippen LogP contribution < -0.4 is 10.9 Å². The summed E-state index contributed by atoms with van der Waals surface area (Å²) in [6.45, 7) is 1.75. The van der Waals surface area contributed by atoms with Gasteiger partial charge in [-0.3, -0.25) is 9.59 Å². The number of esters is 1. The summed E-state index contributed by atoms with van der Waals surface area (Å²) in [6, 6.07) is 13.7. The summed E-state index contributed by atoms with van der Waals surface area (Å²) in [5.74, 6) is -1.22. The first-order valence-electron chi connectivity index (χ1n) is 8.56. The minimum atomic E-state index is -1.03. The van der Waals surface area contributed by atoms with Crippen LogP contribution in [0.2, 0.25) is 5.02 Å². The van der Waals surface area contributed by atoms with Gasteiger partial charge >= 0.3 is 5.97 Å². The van der Waals surface area contributed by atoms with E-state index in [0.717, 1.165) is 10.2 Å². The number of nitrogens with one attached hydrogen (secondary N) is 1. The molecule has 0 spiro atoms. The highest BCUT2D eigenvalue weighted by Crippen LogP contribution is 2.15. The second kappa shape index (κ2) is 8.22. The molecule has 0 bridgehead atoms. The van der Waals surface area contributed by atoms with Crippen LogP contribution in [0.25, 0.3) is 10.8 Å². The molecule has 1 aromatic heterocycles. The van der Waals surface area contributed by atoms with Gasteiger partial charge in [-0.05, 0) is 30.7 Å². The lowest BCUT2D eigenvalue weighted by Gasteiger charge is -2.14. The molecule has 3 rings (SSSR count). The fourth-order valence-electron chi connectivity index (χ4n) is 2.66. The quantitative estimate of drug-likeness (QED) is 0.665. The van der Waals surface area contributed by atoms with Crippen LogP contribution in [0.5, 0.6) is 0 Å². The van der Waals surface area contributed by atoms with Gasteiger partial charge < -0.3 is 10.1 Å². The van der Waals surface area contributed by atoms with Gasteiger partial charge in [0.05, 0.1) is 5.39 Å². The van der Waals surface area contributed by atoms with Crippen molar-refractivity contribution < 1.29 is 14.3 Å². The Morgan fingerprint density at radius 2 is 1.79 bits per heavy atom. The Hall–Kier alpha value is -3.19. The lowest BCUT2D eigenvalue weighted by Crippen LogP contribution is -2.36. The number of carbonyl (C=O) groups excluding carboxylic acids is 2. The van der Waals surface area contributed by atoms with E-state index in [1.807, 2.05) is 0 Å². The van der Waals surface area contributed by atoms with Crippen LogP contribution in [0.15, 0.2) is 53.3 Å². The molecule has 1 amide bonds. The highest BCUT2D eigenvalue weighted by atomic mass is 35.5. The van der Waals surface area contributed by atoms with Crippen molar-refractivity contribution >= 4 is 34.2 Å². The van der Waals surface area contributed by atoms with Gasteiger partial charge in [-0.15, -0.1) is 0 Å². The van der Waals surface area contributed by atoms with E-state index in [0.29, 0.717) is 15.8 Å². The summed E-state index contributed by atoms with van der Waals surface area (Å²) < 4.78 is 6.33. The molecule has 0 saturated carbocycles. The van der Waals surface area contributed by atoms with Gasteiger partial charge in [-0.2, -0.15) is 5.10 Å². The summed E-state index contributed by atoms with van der Waals surface area (Å²) in [5.41, 5.74) is 0.526. The van der Waals surface area contributed by atoms with E-state index in [-0.39, 0.29) is 17.8 Å². The Morgan fingerprint density at radius 1 is 1.14 bits per heavy atom. The van der Waals surface area contributed by atoms with Crippen LogP contribution in [-0.4, -0.2) is 27.8 Å². The van der Waals surface area contributed by atoms with Gasteiger partial charge in [0.15, 0.2) is 11.8 Å². The van der Waals surface area contributed by atoms with Gasteiger partial charge in [-0.25, -0.2) is 9.48 Å². The number of benzene rings is 2. The van der Waals surface area contributed by atoms with Crippen molar-refractivity contribution in [2.24, 2.45) is 7.05 Å². The molecule has 1 heterocycles. The lowest BCUT2D eigenvalue weighted by atomic mass is 10.1. The number of ether oxygens (including phenoxy) is 1. The second-order valence-electron chi connectivity index (χ2n) is 6.21. The largest absolute Gasteiger partial charge is 0.448 e. The number of hydrogen-bond acceptors (Lipinski definition) is 5. The third kappa shape index (κ3) is 4.20. The van der Waals surface area contributed by atoms with Crippen molar-refractivity contribution in [2.45, 2.75) is 19.6 Å². The standard InChI is InChI=1S/C20H18ClN3O4/c1-12(18(25)22-11-13-7-9-14(21)10-8-13)28-20(27)17-15-5-3-4-6-16(15)19(26)24(2)23-17/h3-10,12H,11H2,1-2H3,(H,22,25). The molecule has 3 aromatic rings. The van der Waals surface area contributed by atoms with Gasteiger partial charge in [0, 0.05) is 24.0 Å². The Kier molecular flexibility index (Phi) is 5.75. The molecule has 1 unspecified atom stereocenters. The summed E-state index contributed by atoms with van der Waals surface area (Å²) in [5, 5.41) is 8.04. The molecule has 0 aliphatic rings. The molecule has 1 N–H and O–H groups in total. The van der Waals surface area contributed by atoms with E-state index < -0.39 is 18.0 Å². The second-order valence-corrected chi connectivity index (χ2v) is 6.65. The smallest absolute Gasteiger partial charge is 0.360 e. The number of hydrogen-bond donors (Lipinski definition) is 1. The minimum Gasteiger partial charge on any atom is -0.448 e. The van der Waals surface area contributed by atoms with Gasteiger partial charge in [-0.1, -0.05) is 41.9 Å². The van der Waals surface area contributed by atoms with Crippen molar-refractivity contribution in [2.75, 3.05) is 0 Å². The summed E-state index contributed by atoms with van der Waals surface area (Å²) in [7, 11) is 1.45. The number of aromatic nitrogens is 2. The zero-order valence-corrected chi connectivity index (χ0v) is 16.1. The van der Waals surface area contributed by atoms with Crippen molar-refractivity contribution in [3.63, 3.8) is 0 Å². The summed E-state index contributed by atoms with van der Waals surface area (Å²) in [6.07, 6.45) is -1.03. The number of nitrogens with zero attached hydrogens (tertiary/aromatic N) is 2. The highest BCUT2D eigenvalue weighted by molar-refractivity contribution is 6.30. The Balaban J connectivity index is 1.71. The highest BCUT2D eigenvalue weighted by Gasteiger charge is 2.22. The maximum atomic E-state index is 12.6. The molecule has 0 radical (unpaired) electrons. The van der Waals surface area contributed by atoms with Crippen molar-refractivity contribution in [3.05, 3.63) is 75.2 Å². The van der Waals surface area contributed by atoms with E-state index in [1.165, 1.54) is 14.0 Å². The average molecular weight is 400 g/mol. The number of fused-ring (bicyclic) bond motifs is 1. The van der Waals surface area contributed by atoms with Crippen LogP contribution in [0.1, 0.15) is 23.0 Å². The van der Waals surface area contributed by atoms with Crippen LogP contribution in [0, 0.1) is 0 Å². The molecule has 28 heavy (non-hydrogen) atoms. The maximum absolute atomic E-state index is 12.6. The predicted molar refractivity (Wildman–Crippen MR) is 105 cm³/mol. The first-order valence-corrected chi connectivity index (χ1v) is 8.94. The lowest BCUT2D eigenvalue weighted by molar-refractivity contribution is -0.129. The first-order chi connectivity index (χ1) is 13.4. The van der Waals surface area contributed by atoms with E-state index in [9.17, 15) is 14.4 Å². The zero-order valence-electron chi connectivity index (χ0n) is 15.3. The van der Waals surface area contributed by atoms with Crippen LogP contribution >= 0.6 is 11.6 Å². The summed E-state index contributed by atoms with van der Waals surface area (Å²) >= 11 is 5.83. The monoisotopic (exact) mass is 399 g/mol. The molecule has 2 aromatic carbocycles. The van der Waals surface area contributed by atoms with Crippen LogP contribution in [0.3, 0.4) is 0 Å². The van der Waals surface area contributed by atoms with E-state index in [1.54, 1.807) is 48.5 Å². The van der Waals surface area contributed by atoms with Crippen molar-refractivity contribution in [3.8, 4) is 0 Å². The molecule has 8 heteroatoms. The fourth-order valence-corrected chi connectivity index (χ4v) is 2.78. The van der Waals surface area contributed by atoms with Crippen LogP contribution in [-0.2, 0) is 23.1 Å². The molecule has 1 atom stereocenters. The Labute approximate surface area is 165 Å². The van der Waals surface area contributed by atoms with Gasteiger partial charge in [0.25, 0.3) is 11.5 Å². The number of carbonyl (C=O) groups is 2. The minimum absolute atomic E-state index is 0.0185. The number of rotatable bonds is 5. The van der Waals surface area contributed by atoms with Crippen LogP contribution in [0.4, 0.5) is 0 Å². The van der Waals surface area contributed by atoms with E-state index in [2.05, 4.69) is 10.4 Å². The third-order valence-electron chi connectivity index (χ3n) is 4.18. The number of aryl methyl sites for hydroxylation is 1. The molecule has 0 aliphatic carbocycles. The van der Waals surface area contributed by atoms with Gasteiger partial charge in [0.2, 0.25) is 0 Å². The normalized spacial score (nSPS) is 11.8. The molecule has 144 valence electrons. The Bertz CT molecular complexity index is 1090. The summed E-state index contributed by atoms with van der Waals surface area (Å²) in [4.78, 5) is 36.9. The van der Waals surface area contributed by atoms with E-state index >= 15 is 0 Å².